The summed E-state index contributed by atoms with van der Waals surface area (Å²) in [7, 11) is 0. The number of aliphatic imine (C=N–C) groups is 1. The van der Waals surface area contributed by atoms with Gasteiger partial charge in [-0.1, -0.05) is 90.0 Å². The van der Waals surface area contributed by atoms with Crippen molar-refractivity contribution in [1.82, 2.24) is 30.8 Å². The Morgan fingerprint density at radius 1 is 1.10 bits per heavy atom. The summed E-state index contributed by atoms with van der Waals surface area (Å²) in [5.41, 5.74) is 2.26. The van der Waals surface area contributed by atoms with Crippen molar-refractivity contribution < 1.29 is 9.59 Å². The highest BCUT2D eigenvalue weighted by Crippen LogP contribution is 2.50. The van der Waals surface area contributed by atoms with Gasteiger partial charge in [0.2, 0.25) is 0 Å². The highest BCUT2D eigenvalue weighted by Gasteiger charge is 2.52. The molecule has 1 spiro atoms. The molecule has 0 bridgehead atoms. The summed E-state index contributed by atoms with van der Waals surface area (Å²) in [5, 5.41) is 16.6. The molecule has 0 radical (unpaired) electrons. The van der Waals surface area contributed by atoms with Gasteiger partial charge in [0.25, 0.3) is 11.8 Å². The van der Waals surface area contributed by atoms with E-state index in [1.807, 2.05) is 24.3 Å². The number of hydrogen-bond donors (Lipinski definition) is 2. The van der Waals surface area contributed by atoms with Crippen molar-refractivity contribution in [2.45, 2.75) is 129 Å². The zero-order valence-corrected chi connectivity index (χ0v) is 26.0. The summed E-state index contributed by atoms with van der Waals surface area (Å²) in [6.07, 6.45) is 14.1. The maximum Gasteiger partial charge on any atom is 0.270 e. The number of H-pyrrole nitrogens is 1. The van der Waals surface area contributed by atoms with E-state index in [-0.39, 0.29) is 29.8 Å². The number of amides is 2. The Hall–Kier alpha value is -3.10. The van der Waals surface area contributed by atoms with Crippen LogP contribution in [0.4, 0.5) is 0 Å². The Labute approximate surface area is 250 Å². The largest absolute Gasteiger partial charge is 0.345 e. The number of unbranched alkanes of at least 4 members (excludes halogenated alkanes) is 1. The Morgan fingerprint density at radius 3 is 2.43 bits per heavy atom. The molecule has 9 heteroatoms. The first-order valence-electron chi connectivity index (χ1n) is 16.2. The topological polar surface area (TPSA) is 116 Å². The van der Waals surface area contributed by atoms with Gasteiger partial charge in [-0.3, -0.25) is 14.6 Å². The highest BCUT2D eigenvalue weighted by atomic mass is 16.2. The fourth-order valence-corrected chi connectivity index (χ4v) is 7.43. The van der Waals surface area contributed by atoms with Gasteiger partial charge < -0.3 is 10.2 Å². The fraction of sp³-hybridized carbons (Fsp3) is 0.697. The smallest absolute Gasteiger partial charge is 0.270 e. The number of nitrogens with one attached hydrogen (secondary N) is 2. The molecule has 1 aromatic carbocycles. The van der Waals surface area contributed by atoms with Gasteiger partial charge in [-0.15, -0.1) is 10.2 Å². The van der Waals surface area contributed by atoms with Crippen molar-refractivity contribution in [2.24, 2.45) is 22.2 Å². The summed E-state index contributed by atoms with van der Waals surface area (Å²) in [4.78, 5) is 34.8. The molecule has 42 heavy (non-hydrogen) atoms. The molecule has 1 atom stereocenters. The van der Waals surface area contributed by atoms with Crippen molar-refractivity contribution in [2.75, 3.05) is 0 Å². The maximum absolute atomic E-state index is 14.4. The molecule has 9 nitrogen and oxygen atoms in total. The molecule has 2 fully saturated rings. The average molecular weight is 576 g/mol. The predicted octanol–water partition coefficient (Wildman–Crippen LogP) is 6.55. The molecule has 228 valence electrons. The van der Waals surface area contributed by atoms with Crippen molar-refractivity contribution in [3.8, 4) is 0 Å². The number of nitrogens with zero attached hydrogens (tertiary/aromatic N) is 5. The van der Waals surface area contributed by atoms with Crippen LogP contribution in [-0.2, 0) is 11.3 Å². The van der Waals surface area contributed by atoms with Crippen molar-refractivity contribution in [3.05, 3.63) is 41.2 Å². The van der Waals surface area contributed by atoms with Crippen LogP contribution >= 0.6 is 0 Å². The molecule has 2 saturated carbocycles. The molecular weight excluding hydrogens is 526 g/mol. The van der Waals surface area contributed by atoms with Gasteiger partial charge in [0.15, 0.2) is 5.82 Å². The molecule has 0 saturated heterocycles. The van der Waals surface area contributed by atoms with E-state index in [0.717, 1.165) is 62.6 Å². The molecule has 2 heterocycles. The van der Waals surface area contributed by atoms with E-state index in [1.165, 1.54) is 32.1 Å². The second kappa shape index (κ2) is 13.0. The van der Waals surface area contributed by atoms with Crippen LogP contribution in [0.3, 0.4) is 0 Å². The number of aromatic nitrogens is 4. The molecule has 1 aromatic heterocycles. The van der Waals surface area contributed by atoms with Gasteiger partial charge in [0, 0.05) is 5.56 Å². The quantitative estimate of drug-likeness (QED) is 0.333. The van der Waals surface area contributed by atoms with Crippen molar-refractivity contribution >= 4 is 17.5 Å². The Morgan fingerprint density at radius 2 is 1.81 bits per heavy atom. The number of aromatic amines is 1. The first-order valence-corrected chi connectivity index (χ1v) is 16.2. The summed E-state index contributed by atoms with van der Waals surface area (Å²) >= 11 is 0. The fourth-order valence-electron chi connectivity index (χ4n) is 7.43. The summed E-state index contributed by atoms with van der Waals surface area (Å²) in [6.45, 7) is 9.44. The predicted molar refractivity (Wildman–Crippen MR) is 164 cm³/mol. The standard InChI is InChI=1S/C33H49N7O2/c1-5-6-12-28(24-13-15-25(16-14-24)30(41)34-22-29-36-38-39-37-29)40-31(42)27(21-23-10-8-7-9-11-23)35-33(40)19-17-26(18-20-33)32(2,3)4/h13-16,23,26,28H,5-12,17-22H2,1-4H3,(H,34,41)(H,36,37,38,39)/t26?,28-,33?/m1/s1. The third-order valence-electron chi connectivity index (χ3n) is 9.97. The highest BCUT2D eigenvalue weighted by molar-refractivity contribution is 6.40. The Kier molecular flexibility index (Phi) is 9.43. The van der Waals surface area contributed by atoms with E-state index in [2.05, 4.69) is 58.5 Å². The Balaban J connectivity index is 1.40. The van der Waals surface area contributed by atoms with Gasteiger partial charge in [-0.05, 0) is 73.5 Å². The van der Waals surface area contributed by atoms with Gasteiger partial charge in [0.1, 0.15) is 11.4 Å². The lowest BCUT2D eigenvalue weighted by atomic mass is 9.69. The minimum absolute atomic E-state index is 0.0623. The van der Waals surface area contributed by atoms with Crippen molar-refractivity contribution in [1.29, 1.82) is 0 Å². The molecule has 2 aromatic rings. The normalized spacial score (nSPS) is 24.2. The molecule has 3 aliphatic rings. The molecule has 2 amide bonds. The monoisotopic (exact) mass is 575 g/mol. The van der Waals surface area contributed by atoms with E-state index in [9.17, 15) is 9.59 Å². The number of hydrogen-bond acceptors (Lipinski definition) is 6. The van der Waals surface area contributed by atoms with E-state index in [0.29, 0.717) is 23.2 Å². The summed E-state index contributed by atoms with van der Waals surface area (Å²) in [5.74, 6) is 1.60. The SMILES string of the molecule is CCCC[C@H](c1ccc(C(=O)NCc2nn[nH]n2)cc1)N1C(=O)C(CC2CCCCC2)=NC12CCC(C(C)(C)C)CC2. The van der Waals surface area contributed by atoms with Gasteiger partial charge in [-0.2, -0.15) is 5.21 Å². The van der Waals surface area contributed by atoms with Gasteiger partial charge in [-0.25, -0.2) is 0 Å². The molecule has 2 N–H and O–H groups in total. The lowest BCUT2D eigenvalue weighted by molar-refractivity contribution is -0.134. The second-order valence-electron chi connectivity index (χ2n) is 13.9. The van der Waals surface area contributed by atoms with Crippen LogP contribution in [0.5, 0.6) is 0 Å². The van der Waals surface area contributed by atoms with Crippen LogP contribution in [0.2, 0.25) is 0 Å². The van der Waals surface area contributed by atoms with Crippen molar-refractivity contribution in [3.63, 3.8) is 0 Å². The summed E-state index contributed by atoms with van der Waals surface area (Å²) < 4.78 is 0. The van der Waals surface area contributed by atoms with Gasteiger partial charge in [0.05, 0.1) is 12.6 Å². The number of benzene rings is 1. The number of rotatable bonds is 10. The first kappa shape index (κ1) is 30.4. The molecule has 1 aliphatic heterocycles. The third-order valence-corrected chi connectivity index (χ3v) is 9.97. The summed E-state index contributed by atoms with van der Waals surface area (Å²) in [6, 6.07) is 7.74. The number of tetrazole rings is 1. The van der Waals surface area contributed by atoms with Gasteiger partial charge >= 0.3 is 0 Å². The minimum Gasteiger partial charge on any atom is -0.345 e. The van der Waals surface area contributed by atoms with E-state index in [1.54, 1.807) is 0 Å². The van der Waals surface area contributed by atoms with Crippen LogP contribution in [0.15, 0.2) is 29.3 Å². The first-order chi connectivity index (χ1) is 20.2. The number of carbonyl (C=O) groups is 2. The zero-order chi connectivity index (χ0) is 29.7. The molecule has 2 aliphatic carbocycles. The minimum atomic E-state index is -0.456. The van der Waals surface area contributed by atoms with Crippen LogP contribution in [-0.4, -0.2) is 48.7 Å². The molecule has 5 rings (SSSR count). The van der Waals surface area contributed by atoms with E-state index >= 15 is 0 Å². The van der Waals surface area contributed by atoms with Crippen LogP contribution in [0, 0.1) is 17.3 Å². The van der Waals surface area contributed by atoms with Crippen LogP contribution < -0.4 is 5.32 Å². The van der Waals surface area contributed by atoms with E-state index in [4.69, 9.17) is 4.99 Å². The maximum atomic E-state index is 14.4. The second-order valence-corrected chi connectivity index (χ2v) is 13.9. The van der Waals surface area contributed by atoms with Crippen LogP contribution in [0.1, 0.15) is 139 Å². The number of carbonyl (C=O) groups excluding carboxylic acids is 2. The molecule has 0 unspecified atom stereocenters. The zero-order valence-electron chi connectivity index (χ0n) is 26.0. The lowest BCUT2D eigenvalue weighted by Gasteiger charge is -2.47. The third kappa shape index (κ3) is 6.76. The lowest BCUT2D eigenvalue weighted by Crippen LogP contribution is -2.51. The average Bonchev–Trinajstić information content (AvgIpc) is 3.59. The van der Waals surface area contributed by atoms with Crippen LogP contribution in [0.25, 0.3) is 0 Å². The Bertz CT molecular complexity index is 1220. The van der Waals surface area contributed by atoms with E-state index < -0.39 is 5.66 Å². The molecular formula is C33H49N7O2.